The molecule has 2 heterocycles. The number of para-hydroxylation sites is 1. The van der Waals surface area contributed by atoms with Crippen LogP contribution in [-0.2, 0) is 18.9 Å². The number of aromatic nitrogens is 1. The number of fused-ring (bicyclic) bond motifs is 1. The van der Waals surface area contributed by atoms with Crippen LogP contribution in [0.2, 0.25) is 0 Å². The topological polar surface area (TPSA) is 76.0 Å². The number of nitrogens with zero attached hydrogens (tertiary/aromatic N) is 1. The van der Waals surface area contributed by atoms with Crippen molar-refractivity contribution in [2.45, 2.75) is 65.0 Å². The monoisotopic (exact) mass is 403 g/mol. The molecule has 3 rings (SSSR count). The molecule has 1 aromatic heterocycles. The summed E-state index contributed by atoms with van der Waals surface area (Å²) in [6.45, 7) is 7.84. The Morgan fingerprint density at radius 1 is 1.21 bits per heavy atom. The van der Waals surface area contributed by atoms with Crippen LogP contribution in [0.3, 0.4) is 0 Å². The fraction of sp³-hybridized carbons (Fsp3) is 0.545. The van der Waals surface area contributed by atoms with Gasteiger partial charge in [-0.2, -0.15) is 0 Å². The molecule has 0 radical (unpaired) electrons. The molecule has 0 aliphatic carbocycles. The van der Waals surface area contributed by atoms with Crippen LogP contribution < -0.4 is 0 Å². The Labute approximate surface area is 170 Å². The quantitative estimate of drug-likeness (QED) is 0.682. The molecule has 29 heavy (non-hydrogen) atoms. The van der Waals surface area contributed by atoms with Gasteiger partial charge in [-0.1, -0.05) is 18.2 Å². The second-order valence-electron chi connectivity index (χ2n) is 8.16. The molecule has 2 atom stereocenters. The first-order valence-corrected chi connectivity index (χ1v) is 9.95. The highest BCUT2D eigenvalue weighted by molar-refractivity contribution is 6.08. The zero-order valence-corrected chi connectivity index (χ0v) is 17.7. The van der Waals surface area contributed by atoms with Crippen molar-refractivity contribution in [2.75, 3.05) is 13.7 Å². The van der Waals surface area contributed by atoms with E-state index in [4.69, 9.17) is 18.9 Å². The van der Waals surface area contributed by atoms with Crippen LogP contribution in [0.15, 0.2) is 24.3 Å². The van der Waals surface area contributed by atoms with Gasteiger partial charge < -0.3 is 18.9 Å². The molecule has 1 aromatic carbocycles. The number of methoxy groups -OCH3 is 1. The summed E-state index contributed by atoms with van der Waals surface area (Å²) < 4.78 is 23.9. The van der Waals surface area contributed by atoms with Gasteiger partial charge >= 0.3 is 12.1 Å². The Balaban J connectivity index is 2.14. The maximum absolute atomic E-state index is 13.1. The van der Waals surface area contributed by atoms with Crippen LogP contribution in [0.1, 0.15) is 69.1 Å². The van der Waals surface area contributed by atoms with Crippen LogP contribution in [0, 0.1) is 0 Å². The average molecular weight is 403 g/mol. The fourth-order valence-electron chi connectivity index (χ4n) is 3.58. The van der Waals surface area contributed by atoms with E-state index in [1.165, 1.54) is 11.7 Å². The summed E-state index contributed by atoms with van der Waals surface area (Å²) in [7, 11) is 1.32. The van der Waals surface area contributed by atoms with E-state index in [0.29, 0.717) is 28.8 Å². The van der Waals surface area contributed by atoms with Crippen molar-refractivity contribution in [3.05, 3.63) is 35.5 Å². The van der Waals surface area contributed by atoms with E-state index in [1.54, 1.807) is 39.8 Å². The van der Waals surface area contributed by atoms with E-state index in [9.17, 15) is 9.59 Å². The largest absolute Gasteiger partial charge is 0.465 e. The molecular weight excluding hydrogens is 374 g/mol. The molecule has 0 bridgehead atoms. The molecule has 1 fully saturated rings. The second-order valence-corrected chi connectivity index (χ2v) is 8.16. The standard InChI is InChI=1S/C22H29NO6/c1-14(28-17-12-8-9-13-27-17)19-18(20(24)26-5)15-10-6-7-11-16(15)23(19)21(25)29-22(2,3)4/h6-7,10-11,14,17H,8-9,12-13H2,1-5H3. The first kappa shape index (κ1) is 21.3. The van der Waals surface area contributed by atoms with Crippen molar-refractivity contribution in [1.29, 1.82) is 0 Å². The van der Waals surface area contributed by atoms with Crippen molar-refractivity contribution in [2.24, 2.45) is 0 Å². The Morgan fingerprint density at radius 3 is 2.55 bits per heavy atom. The summed E-state index contributed by atoms with van der Waals surface area (Å²) in [4.78, 5) is 25.8. The molecule has 2 aromatic rings. The first-order valence-electron chi connectivity index (χ1n) is 9.95. The van der Waals surface area contributed by atoms with Gasteiger partial charge in [0.1, 0.15) is 5.60 Å². The molecule has 2 unspecified atom stereocenters. The van der Waals surface area contributed by atoms with Crippen molar-refractivity contribution in [1.82, 2.24) is 4.57 Å². The number of hydrogen-bond acceptors (Lipinski definition) is 6. The third-order valence-electron chi connectivity index (χ3n) is 4.76. The predicted molar refractivity (Wildman–Crippen MR) is 108 cm³/mol. The van der Waals surface area contributed by atoms with Gasteiger partial charge in [0.2, 0.25) is 0 Å². The van der Waals surface area contributed by atoms with Gasteiger partial charge in [-0.3, -0.25) is 0 Å². The van der Waals surface area contributed by atoms with Gasteiger partial charge in [-0.05, 0) is 53.0 Å². The maximum atomic E-state index is 13.1. The van der Waals surface area contributed by atoms with Crippen LogP contribution >= 0.6 is 0 Å². The van der Waals surface area contributed by atoms with Crippen LogP contribution in [0.5, 0.6) is 0 Å². The normalized spacial score (nSPS) is 18.4. The first-order chi connectivity index (χ1) is 13.7. The zero-order valence-electron chi connectivity index (χ0n) is 17.7. The highest BCUT2D eigenvalue weighted by Gasteiger charge is 2.33. The smallest absolute Gasteiger partial charge is 0.419 e. The molecule has 0 saturated carbocycles. The third-order valence-corrected chi connectivity index (χ3v) is 4.76. The Morgan fingerprint density at radius 2 is 1.93 bits per heavy atom. The van der Waals surface area contributed by atoms with Crippen LogP contribution in [0.25, 0.3) is 10.9 Å². The van der Waals surface area contributed by atoms with Crippen molar-refractivity contribution in [3.8, 4) is 0 Å². The van der Waals surface area contributed by atoms with Crippen LogP contribution in [0.4, 0.5) is 4.79 Å². The van der Waals surface area contributed by atoms with E-state index in [1.807, 2.05) is 12.1 Å². The minimum Gasteiger partial charge on any atom is -0.465 e. The lowest BCUT2D eigenvalue weighted by atomic mass is 10.1. The van der Waals surface area contributed by atoms with Gasteiger partial charge in [0, 0.05) is 12.0 Å². The SMILES string of the molecule is COC(=O)c1c(C(C)OC2CCCCO2)n(C(=O)OC(C)(C)C)c2ccccc12. The Bertz CT molecular complexity index is 889. The number of esters is 1. The summed E-state index contributed by atoms with van der Waals surface area (Å²) in [5.41, 5.74) is 0.581. The Hall–Kier alpha value is -2.38. The molecule has 7 heteroatoms. The number of ether oxygens (including phenoxy) is 4. The van der Waals surface area contributed by atoms with Crippen molar-refractivity contribution >= 4 is 23.0 Å². The summed E-state index contributed by atoms with van der Waals surface area (Å²) in [6.07, 6.45) is 1.24. The van der Waals surface area contributed by atoms with Crippen molar-refractivity contribution < 1.29 is 28.5 Å². The van der Waals surface area contributed by atoms with E-state index in [0.717, 1.165) is 19.3 Å². The highest BCUT2D eigenvalue weighted by atomic mass is 16.7. The van der Waals surface area contributed by atoms with Gasteiger partial charge in [-0.15, -0.1) is 0 Å². The number of hydrogen-bond donors (Lipinski definition) is 0. The minimum atomic E-state index is -0.693. The Kier molecular flexibility index (Phi) is 6.29. The molecule has 0 spiro atoms. The summed E-state index contributed by atoms with van der Waals surface area (Å²) in [6, 6.07) is 7.19. The lowest BCUT2D eigenvalue weighted by molar-refractivity contribution is -0.187. The van der Waals surface area contributed by atoms with Crippen molar-refractivity contribution in [3.63, 3.8) is 0 Å². The minimum absolute atomic E-state index is 0.303. The lowest BCUT2D eigenvalue weighted by Crippen LogP contribution is -2.30. The number of carbonyl (C=O) groups is 2. The maximum Gasteiger partial charge on any atom is 0.419 e. The van der Waals surface area contributed by atoms with Crippen LogP contribution in [-0.4, -0.2) is 42.2 Å². The summed E-state index contributed by atoms with van der Waals surface area (Å²) in [5, 5.41) is 0.611. The van der Waals surface area contributed by atoms with Gasteiger partial charge in [0.15, 0.2) is 6.29 Å². The van der Waals surface area contributed by atoms with Gasteiger partial charge in [-0.25, -0.2) is 14.2 Å². The van der Waals surface area contributed by atoms with E-state index in [-0.39, 0.29) is 6.29 Å². The number of carbonyl (C=O) groups excluding carboxylic acids is 2. The molecule has 7 nitrogen and oxygen atoms in total. The summed E-state index contributed by atoms with van der Waals surface area (Å²) >= 11 is 0. The van der Waals surface area contributed by atoms with E-state index in [2.05, 4.69) is 0 Å². The molecule has 1 aliphatic rings. The molecule has 1 saturated heterocycles. The third kappa shape index (κ3) is 4.62. The number of rotatable bonds is 4. The van der Waals surface area contributed by atoms with E-state index < -0.39 is 23.8 Å². The zero-order chi connectivity index (χ0) is 21.2. The fourth-order valence-corrected chi connectivity index (χ4v) is 3.58. The molecule has 158 valence electrons. The number of benzene rings is 1. The lowest BCUT2D eigenvalue weighted by Gasteiger charge is -2.27. The molecular formula is C22H29NO6. The predicted octanol–water partition coefficient (Wildman–Crippen LogP) is 4.82. The molecule has 1 aliphatic heterocycles. The van der Waals surface area contributed by atoms with Gasteiger partial charge in [0.25, 0.3) is 0 Å². The van der Waals surface area contributed by atoms with E-state index >= 15 is 0 Å². The average Bonchev–Trinajstić information content (AvgIpc) is 3.02. The molecule has 0 amide bonds. The summed E-state index contributed by atoms with van der Waals surface area (Å²) in [5.74, 6) is -0.529. The molecule has 0 N–H and O–H groups in total. The van der Waals surface area contributed by atoms with Gasteiger partial charge in [0.05, 0.1) is 30.0 Å². The second kappa shape index (κ2) is 8.55. The highest BCUT2D eigenvalue weighted by Crippen LogP contribution is 2.34.